The molecule has 2 amide bonds. The predicted octanol–water partition coefficient (Wildman–Crippen LogP) is 3.75. The monoisotopic (exact) mass is 325 g/mol. The molecule has 0 atom stereocenters. The summed E-state index contributed by atoms with van der Waals surface area (Å²) in [5.41, 5.74) is 8.25. The van der Waals surface area contributed by atoms with Crippen molar-refractivity contribution in [2.75, 3.05) is 24.1 Å². The van der Waals surface area contributed by atoms with Crippen LogP contribution in [0.4, 0.5) is 16.2 Å². The van der Waals surface area contributed by atoms with Crippen molar-refractivity contribution >= 4 is 33.3 Å². The van der Waals surface area contributed by atoms with Crippen molar-refractivity contribution in [3.8, 4) is 0 Å². The average molecular weight is 326 g/mol. The summed E-state index contributed by atoms with van der Waals surface area (Å²) in [6.07, 6.45) is 4.59. The average Bonchev–Trinajstić information content (AvgIpc) is 2.62. The maximum absolute atomic E-state index is 12.3. The number of nitrogens with one attached hydrogen (secondary N) is 1. The number of benzene rings is 1. The first-order valence-corrected chi connectivity index (χ1v) is 7.49. The zero-order valence-corrected chi connectivity index (χ0v) is 12.8. The molecule has 2 rings (SSSR count). The molecule has 1 aliphatic heterocycles. The second-order valence-corrected chi connectivity index (χ2v) is 5.93. The molecular formula is C14H20BrN3O. The van der Waals surface area contributed by atoms with Gasteiger partial charge in [0.15, 0.2) is 0 Å². The quantitative estimate of drug-likeness (QED) is 0.772. The van der Waals surface area contributed by atoms with E-state index in [0.717, 1.165) is 41.7 Å². The summed E-state index contributed by atoms with van der Waals surface area (Å²) < 4.78 is 0.926. The van der Waals surface area contributed by atoms with E-state index in [1.807, 2.05) is 24.0 Å². The van der Waals surface area contributed by atoms with E-state index in [4.69, 9.17) is 5.73 Å². The van der Waals surface area contributed by atoms with Gasteiger partial charge in [-0.05, 0) is 37.5 Å². The number of anilines is 2. The lowest BCUT2D eigenvalue weighted by Gasteiger charge is -2.22. The summed E-state index contributed by atoms with van der Waals surface area (Å²) in [5.74, 6) is 0. The van der Waals surface area contributed by atoms with Crippen LogP contribution in [0.5, 0.6) is 0 Å². The number of aryl methyl sites for hydroxylation is 1. The molecule has 0 radical (unpaired) electrons. The molecule has 1 heterocycles. The third-order valence-electron chi connectivity index (χ3n) is 3.46. The highest BCUT2D eigenvalue weighted by molar-refractivity contribution is 9.10. The van der Waals surface area contributed by atoms with E-state index in [1.54, 1.807) is 0 Å². The molecule has 0 bridgehead atoms. The normalized spacial score (nSPS) is 16.0. The molecule has 0 unspecified atom stereocenters. The van der Waals surface area contributed by atoms with Crippen LogP contribution < -0.4 is 11.1 Å². The summed E-state index contributed by atoms with van der Waals surface area (Å²) in [6, 6.07) is 3.72. The highest BCUT2D eigenvalue weighted by Gasteiger charge is 2.17. The van der Waals surface area contributed by atoms with Gasteiger partial charge in [-0.2, -0.15) is 0 Å². The molecule has 1 aromatic rings. The maximum atomic E-state index is 12.3. The number of halogens is 1. The maximum Gasteiger partial charge on any atom is 0.321 e. The summed E-state index contributed by atoms with van der Waals surface area (Å²) in [5, 5.41) is 2.94. The number of nitrogens with two attached hydrogens (primary N) is 1. The van der Waals surface area contributed by atoms with E-state index in [-0.39, 0.29) is 6.03 Å². The van der Waals surface area contributed by atoms with E-state index in [1.165, 1.54) is 12.8 Å². The van der Waals surface area contributed by atoms with Gasteiger partial charge in [0.1, 0.15) is 0 Å². The Morgan fingerprint density at radius 3 is 2.47 bits per heavy atom. The molecule has 1 saturated heterocycles. The Morgan fingerprint density at radius 2 is 1.89 bits per heavy atom. The Labute approximate surface area is 122 Å². The molecule has 0 saturated carbocycles. The van der Waals surface area contributed by atoms with E-state index in [9.17, 15) is 4.79 Å². The largest absolute Gasteiger partial charge is 0.397 e. The number of amides is 2. The summed E-state index contributed by atoms with van der Waals surface area (Å²) >= 11 is 3.40. The van der Waals surface area contributed by atoms with Crippen LogP contribution in [0.1, 0.15) is 31.2 Å². The van der Waals surface area contributed by atoms with Crippen LogP contribution in [0.25, 0.3) is 0 Å². The molecule has 1 fully saturated rings. The van der Waals surface area contributed by atoms with Crippen molar-refractivity contribution in [3.05, 3.63) is 22.2 Å². The molecular weight excluding hydrogens is 306 g/mol. The van der Waals surface area contributed by atoms with Crippen LogP contribution in [-0.2, 0) is 0 Å². The minimum absolute atomic E-state index is 0.0426. The molecule has 0 aliphatic carbocycles. The van der Waals surface area contributed by atoms with E-state index in [2.05, 4.69) is 21.2 Å². The Bertz CT molecular complexity index is 445. The number of likely N-dealkylation sites (tertiary alicyclic amines) is 1. The first kappa shape index (κ1) is 14.2. The predicted molar refractivity (Wildman–Crippen MR) is 82.4 cm³/mol. The lowest BCUT2D eigenvalue weighted by Crippen LogP contribution is -2.36. The van der Waals surface area contributed by atoms with Gasteiger partial charge in [-0.15, -0.1) is 0 Å². The molecule has 0 spiro atoms. The Kier molecular flexibility index (Phi) is 4.69. The van der Waals surface area contributed by atoms with Crippen molar-refractivity contribution < 1.29 is 4.79 Å². The van der Waals surface area contributed by atoms with Gasteiger partial charge in [-0.1, -0.05) is 28.8 Å². The van der Waals surface area contributed by atoms with Crippen LogP contribution in [0.15, 0.2) is 16.6 Å². The number of carbonyl (C=O) groups is 1. The SMILES string of the molecule is Cc1cc(Br)cc(N)c1NC(=O)N1CCCCCC1. The van der Waals surface area contributed by atoms with Crippen LogP contribution in [0, 0.1) is 6.92 Å². The third-order valence-corrected chi connectivity index (χ3v) is 3.91. The lowest BCUT2D eigenvalue weighted by molar-refractivity contribution is 0.214. The Hall–Kier alpha value is -1.23. The number of hydrogen-bond donors (Lipinski definition) is 2. The van der Waals surface area contributed by atoms with Crippen LogP contribution in [0.3, 0.4) is 0 Å². The Balaban J connectivity index is 2.10. The molecule has 5 heteroatoms. The van der Waals surface area contributed by atoms with Crippen LogP contribution in [-0.4, -0.2) is 24.0 Å². The summed E-state index contributed by atoms with van der Waals surface area (Å²) in [6.45, 7) is 3.61. The number of hydrogen-bond acceptors (Lipinski definition) is 2. The lowest BCUT2D eigenvalue weighted by atomic mass is 10.1. The molecule has 0 aromatic heterocycles. The zero-order valence-electron chi connectivity index (χ0n) is 11.2. The second kappa shape index (κ2) is 6.28. The van der Waals surface area contributed by atoms with Gasteiger partial charge in [-0.25, -0.2) is 4.79 Å². The first-order chi connectivity index (χ1) is 9.08. The van der Waals surface area contributed by atoms with Crippen molar-refractivity contribution in [1.82, 2.24) is 4.90 Å². The van der Waals surface area contributed by atoms with Gasteiger partial charge in [0.2, 0.25) is 0 Å². The van der Waals surface area contributed by atoms with Crippen LogP contribution in [0.2, 0.25) is 0 Å². The number of urea groups is 1. The van der Waals surface area contributed by atoms with Crippen molar-refractivity contribution in [2.45, 2.75) is 32.6 Å². The van der Waals surface area contributed by atoms with Crippen molar-refractivity contribution in [1.29, 1.82) is 0 Å². The minimum Gasteiger partial charge on any atom is -0.397 e. The van der Waals surface area contributed by atoms with Gasteiger partial charge in [0, 0.05) is 17.6 Å². The first-order valence-electron chi connectivity index (χ1n) is 6.69. The fourth-order valence-corrected chi connectivity index (χ4v) is 2.99. The van der Waals surface area contributed by atoms with Crippen molar-refractivity contribution in [2.24, 2.45) is 0 Å². The Morgan fingerprint density at radius 1 is 1.26 bits per heavy atom. The number of nitrogen functional groups attached to an aromatic ring is 1. The summed E-state index contributed by atoms with van der Waals surface area (Å²) in [7, 11) is 0. The smallest absolute Gasteiger partial charge is 0.321 e. The fourth-order valence-electron chi connectivity index (χ4n) is 2.40. The van der Waals surface area contributed by atoms with E-state index < -0.39 is 0 Å². The standard InChI is InChI=1S/C14H20BrN3O/c1-10-8-11(15)9-12(16)13(10)17-14(19)18-6-4-2-3-5-7-18/h8-9H,2-7,16H2,1H3,(H,17,19). The molecule has 1 aromatic carbocycles. The van der Waals surface area contributed by atoms with Crippen LogP contribution >= 0.6 is 15.9 Å². The van der Waals surface area contributed by atoms with Crippen molar-refractivity contribution in [3.63, 3.8) is 0 Å². The molecule has 19 heavy (non-hydrogen) atoms. The van der Waals surface area contributed by atoms with E-state index in [0.29, 0.717) is 5.69 Å². The highest BCUT2D eigenvalue weighted by Crippen LogP contribution is 2.28. The molecule has 3 N–H and O–H groups in total. The number of nitrogens with zero attached hydrogens (tertiary/aromatic N) is 1. The summed E-state index contributed by atoms with van der Waals surface area (Å²) in [4.78, 5) is 14.1. The highest BCUT2D eigenvalue weighted by atomic mass is 79.9. The molecule has 4 nitrogen and oxygen atoms in total. The van der Waals surface area contributed by atoms with E-state index >= 15 is 0 Å². The van der Waals surface area contributed by atoms with Gasteiger partial charge in [0.05, 0.1) is 11.4 Å². The van der Waals surface area contributed by atoms with Gasteiger partial charge in [-0.3, -0.25) is 0 Å². The second-order valence-electron chi connectivity index (χ2n) is 5.02. The molecule has 1 aliphatic rings. The van der Waals surface area contributed by atoms with Gasteiger partial charge in [0.25, 0.3) is 0 Å². The van der Waals surface area contributed by atoms with Gasteiger partial charge >= 0.3 is 6.03 Å². The third kappa shape index (κ3) is 3.62. The topological polar surface area (TPSA) is 58.4 Å². The number of carbonyl (C=O) groups excluding carboxylic acids is 1. The van der Waals surface area contributed by atoms with Gasteiger partial charge < -0.3 is 16.0 Å². The number of rotatable bonds is 1. The minimum atomic E-state index is -0.0426. The zero-order chi connectivity index (χ0) is 13.8. The fraction of sp³-hybridized carbons (Fsp3) is 0.500. The molecule has 104 valence electrons.